The van der Waals surface area contributed by atoms with Crippen molar-refractivity contribution in [1.82, 2.24) is 0 Å². The highest BCUT2D eigenvalue weighted by atomic mass is 16.5. The molecule has 1 heterocycles. The number of aliphatic imine (C=N–C) groups is 1. The van der Waals surface area contributed by atoms with E-state index in [2.05, 4.69) is 12.2 Å². The van der Waals surface area contributed by atoms with Crippen molar-refractivity contribution in [3.05, 3.63) is 18.2 Å². The van der Waals surface area contributed by atoms with E-state index < -0.39 is 0 Å². The number of nitrogens with zero attached hydrogens (tertiary/aromatic N) is 1. The van der Waals surface area contributed by atoms with Gasteiger partial charge < -0.3 is 15.8 Å². The molecule has 102 valence electrons. The first kappa shape index (κ1) is 12.3. The maximum absolute atomic E-state index is 5.80. The van der Waals surface area contributed by atoms with Gasteiger partial charge >= 0.3 is 0 Å². The summed E-state index contributed by atoms with van der Waals surface area (Å²) in [5.74, 6) is 2.45. The van der Waals surface area contributed by atoms with E-state index in [1.165, 1.54) is 25.7 Å². The molecule has 3 rings (SSSR count). The number of hydrogen-bond donors (Lipinski definition) is 2. The summed E-state index contributed by atoms with van der Waals surface area (Å²) in [5, 5.41) is 3.35. The fourth-order valence-corrected chi connectivity index (χ4v) is 2.87. The molecular weight excluding hydrogens is 238 g/mol. The van der Waals surface area contributed by atoms with Gasteiger partial charge in [0.2, 0.25) is 0 Å². The summed E-state index contributed by atoms with van der Waals surface area (Å²) in [6.07, 6.45) is 5.10. The molecule has 2 atom stereocenters. The SMILES string of the molecule is CC1CCCCC1N=C1COc2ccc(N)cc2N1. The molecule has 4 nitrogen and oxygen atoms in total. The average Bonchev–Trinajstić information content (AvgIpc) is 2.41. The van der Waals surface area contributed by atoms with Crippen LogP contribution in [0, 0.1) is 5.92 Å². The molecule has 1 aromatic carbocycles. The van der Waals surface area contributed by atoms with Crippen LogP contribution in [0.2, 0.25) is 0 Å². The van der Waals surface area contributed by atoms with E-state index in [9.17, 15) is 0 Å². The molecule has 19 heavy (non-hydrogen) atoms. The van der Waals surface area contributed by atoms with Gasteiger partial charge in [-0.3, -0.25) is 4.99 Å². The van der Waals surface area contributed by atoms with E-state index in [-0.39, 0.29) is 0 Å². The first-order valence-corrected chi connectivity index (χ1v) is 7.08. The fourth-order valence-electron chi connectivity index (χ4n) is 2.87. The summed E-state index contributed by atoms with van der Waals surface area (Å²) in [4.78, 5) is 4.84. The quantitative estimate of drug-likeness (QED) is 0.762. The molecule has 1 fully saturated rings. The molecule has 0 bridgehead atoms. The third-order valence-corrected chi connectivity index (χ3v) is 4.03. The zero-order valence-electron chi connectivity index (χ0n) is 11.4. The Kier molecular flexibility index (Phi) is 3.32. The third kappa shape index (κ3) is 2.67. The van der Waals surface area contributed by atoms with Crippen LogP contribution in [-0.4, -0.2) is 18.5 Å². The molecule has 2 unspecified atom stereocenters. The smallest absolute Gasteiger partial charge is 0.146 e. The summed E-state index contributed by atoms with van der Waals surface area (Å²) in [6.45, 7) is 2.82. The Morgan fingerprint density at radius 1 is 1.32 bits per heavy atom. The van der Waals surface area contributed by atoms with Crippen LogP contribution in [0.5, 0.6) is 5.75 Å². The number of benzene rings is 1. The first-order chi connectivity index (χ1) is 9.22. The molecular formula is C15H21N3O. The molecule has 1 saturated carbocycles. The summed E-state index contributed by atoms with van der Waals surface area (Å²) >= 11 is 0. The van der Waals surface area contributed by atoms with Gasteiger partial charge in [0.15, 0.2) is 0 Å². The molecule has 0 radical (unpaired) electrons. The maximum Gasteiger partial charge on any atom is 0.146 e. The molecule has 1 aliphatic heterocycles. The normalized spacial score (nSPS) is 28.4. The number of ether oxygens (including phenoxy) is 1. The second kappa shape index (κ2) is 5.11. The molecule has 2 aliphatic rings. The van der Waals surface area contributed by atoms with Crippen LogP contribution in [0.15, 0.2) is 23.2 Å². The predicted molar refractivity (Wildman–Crippen MR) is 78.8 cm³/mol. The fraction of sp³-hybridized carbons (Fsp3) is 0.533. The monoisotopic (exact) mass is 259 g/mol. The summed E-state index contributed by atoms with van der Waals surface area (Å²) in [5.41, 5.74) is 7.46. The zero-order chi connectivity index (χ0) is 13.2. The number of nitrogen functional groups attached to an aromatic ring is 1. The molecule has 0 amide bonds. The minimum atomic E-state index is 0.433. The van der Waals surface area contributed by atoms with Crippen LogP contribution in [0.1, 0.15) is 32.6 Å². The van der Waals surface area contributed by atoms with Crippen LogP contribution in [0.4, 0.5) is 11.4 Å². The molecule has 0 spiro atoms. The van der Waals surface area contributed by atoms with Crippen LogP contribution in [-0.2, 0) is 0 Å². The van der Waals surface area contributed by atoms with Crippen molar-refractivity contribution < 1.29 is 4.74 Å². The Bertz CT molecular complexity index is 498. The van der Waals surface area contributed by atoms with Gasteiger partial charge in [-0.15, -0.1) is 0 Å². The lowest BCUT2D eigenvalue weighted by Crippen LogP contribution is -2.30. The topological polar surface area (TPSA) is 59.6 Å². The first-order valence-electron chi connectivity index (χ1n) is 7.08. The van der Waals surface area contributed by atoms with Gasteiger partial charge in [-0.25, -0.2) is 0 Å². The lowest BCUT2D eigenvalue weighted by atomic mass is 9.86. The Balaban J connectivity index is 1.77. The maximum atomic E-state index is 5.80. The van der Waals surface area contributed by atoms with Crippen molar-refractivity contribution in [2.75, 3.05) is 17.7 Å². The Labute approximate surface area is 114 Å². The molecule has 1 aromatic rings. The summed E-state index contributed by atoms with van der Waals surface area (Å²) in [6, 6.07) is 6.08. The summed E-state index contributed by atoms with van der Waals surface area (Å²) in [7, 11) is 0. The van der Waals surface area contributed by atoms with Gasteiger partial charge in [0.25, 0.3) is 0 Å². The second-order valence-corrected chi connectivity index (χ2v) is 5.57. The van der Waals surface area contributed by atoms with E-state index in [0.29, 0.717) is 18.6 Å². The zero-order valence-corrected chi connectivity index (χ0v) is 11.4. The highest BCUT2D eigenvalue weighted by Crippen LogP contribution is 2.31. The van der Waals surface area contributed by atoms with Crippen LogP contribution < -0.4 is 15.8 Å². The van der Waals surface area contributed by atoms with E-state index in [1.54, 1.807) is 0 Å². The Morgan fingerprint density at radius 3 is 3.00 bits per heavy atom. The second-order valence-electron chi connectivity index (χ2n) is 5.57. The Hall–Kier alpha value is -1.71. The minimum absolute atomic E-state index is 0.433. The number of rotatable bonds is 1. The lowest BCUT2D eigenvalue weighted by Gasteiger charge is -2.28. The van der Waals surface area contributed by atoms with Crippen molar-refractivity contribution in [2.45, 2.75) is 38.6 Å². The van der Waals surface area contributed by atoms with Gasteiger partial charge in [-0.2, -0.15) is 0 Å². The van der Waals surface area contributed by atoms with E-state index in [4.69, 9.17) is 15.5 Å². The molecule has 0 aromatic heterocycles. The largest absolute Gasteiger partial charge is 0.484 e. The molecule has 0 saturated heterocycles. The van der Waals surface area contributed by atoms with E-state index >= 15 is 0 Å². The van der Waals surface area contributed by atoms with Crippen LogP contribution in [0.3, 0.4) is 0 Å². The highest BCUT2D eigenvalue weighted by Gasteiger charge is 2.22. The van der Waals surface area contributed by atoms with Crippen molar-refractivity contribution in [3.63, 3.8) is 0 Å². The number of fused-ring (bicyclic) bond motifs is 1. The van der Waals surface area contributed by atoms with Gasteiger partial charge in [0.1, 0.15) is 18.2 Å². The van der Waals surface area contributed by atoms with E-state index in [1.807, 2.05) is 18.2 Å². The Morgan fingerprint density at radius 2 is 2.16 bits per heavy atom. The minimum Gasteiger partial charge on any atom is -0.484 e. The molecule has 3 N–H and O–H groups in total. The third-order valence-electron chi connectivity index (χ3n) is 4.03. The molecule has 1 aliphatic carbocycles. The van der Waals surface area contributed by atoms with Gasteiger partial charge in [0, 0.05) is 5.69 Å². The van der Waals surface area contributed by atoms with Crippen LogP contribution >= 0.6 is 0 Å². The van der Waals surface area contributed by atoms with Crippen LogP contribution in [0.25, 0.3) is 0 Å². The van der Waals surface area contributed by atoms with Gasteiger partial charge in [-0.05, 0) is 37.0 Å². The number of nitrogens with two attached hydrogens (primary N) is 1. The number of nitrogens with one attached hydrogen (secondary N) is 1. The van der Waals surface area contributed by atoms with Crippen molar-refractivity contribution in [2.24, 2.45) is 10.9 Å². The highest BCUT2D eigenvalue weighted by molar-refractivity contribution is 6.00. The number of anilines is 2. The van der Waals surface area contributed by atoms with Gasteiger partial charge in [0.05, 0.1) is 11.7 Å². The van der Waals surface area contributed by atoms with Crippen molar-refractivity contribution in [3.8, 4) is 5.75 Å². The van der Waals surface area contributed by atoms with E-state index in [0.717, 1.165) is 23.0 Å². The predicted octanol–water partition coefficient (Wildman–Crippen LogP) is 3.05. The summed E-state index contributed by atoms with van der Waals surface area (Å²) < 4.78 is 5.72. The number of amidine groups is 1. The van der Waals surface area contributed by atoms with Crippen molar-refractivity contribution in [1.29, 1.82) is 0 Å². The standard InChI is InChI=1S/C15H21N3O/c1-10-4-2-3-5-12(10)17-15-9-19-14-7-6-11(16)8-13(14)18-15/h6-8,10,12H,2-5,9,16H2,1H3,(H,17,18). The average molecular weight is 259 g/mol. The van der Waals surface area contributed by atoms with Gasteiger partial charge in [-0.1, -0.05) is 19.8 Å². The number of hydrogen-bond acceptors (Lipinski definition) is 3. The lowest BCUT2D eigenvalue weighted by molar-refractivity contribution is 0.327. The van der Waals surface area contributed by atoms with Crippen molar-refractivity contribution >= 4 is 17.2 Å². The molecule has 4 heteroatoms.